The van der Waals surface area contributed by atoms with Crippen LogP contribution in [-0.2, 0) is 0 Å². The molecular formula is C12H17FN2O2S. The van der Waals surface area contributed by atoms with E-state index in [-0.39, 0.29) is 23.5 Å². The third-order valence-corrected chi connectivity index (χ3v) is 3.80. The van der Waals surface area contributed by atoms with Crippen molar-refractivity contribution in [2.24, 2.45) is 0 Å². The predicted molar refractivity (Wildman–Crippen MR) is 72.1 cm³/mol. The molecule has 0 heterocycles. The lowest BCUT2D eigenvalue weighted by molar-refractivity contribution is 0.0932. The lowest BCUT2D eigenvalue weighted by atomic mass is 10.1. The third kappa shape index (κ3) is 3.61. The fourth-order valence-electron chi connectivity index (χ4n) is 1.53. The van der Waals surface area contributed by atoms with E-state index >= 15 is 0 Å². The molecule has 18 heavy (non-hydrogen) atoms. The number of anilines is 1. The summed E-state index contributed by atoms with van der Waals surface area (Å²) in [5.41, 5.74) is 5.77. The number of hydrogen-bond acceptors (Lipinski definition) is 4. The SMILES string of the molecule is CSC(CO)C(C)NC(=O)c1cc(N)ccc1F. The van der Waals surface area contributed by atoms with Gasteiger partial charge < -0.3 is 16.2 Å². The van der Waals surface area contributed by atoms with E-state index in [1.165, 1.54) is 23.9 Å². The summed E-state index contributed by atoms with van der Waals surface area (Å²) < 4.78 is 13.5. The quantitative estimate of drug-likeness (QED) is 0.705. The number of carbonyl (C=O) groups is 1. The van der Waals surface area contributed by atoms with Crippen molar-refractivity contribution < 1.29 is 14.3 Å². The average molecular weight is 272 g/mol. The smallest absolute Gasteiger partial charge is 0.254 e. The summed E-state index contributed by atoms with van der Waals surface area (Å²) in [4.78, 5) is 11.9. The number of thioether (sulfide) groups is 1. The second-order valence-corrected chi connectivity index (χ2v) is 5.04. The van der Waals surface area contributed by atoms with Crippen molar-refractivity contribution in [3.63, 3.8) is 0 Å². The molecule has 1 aromatic rings. The van der Waals surface area contributed by atoms with Gasteiger partial charge in [0.25, 0.3) is 5.91 Å². The summed E-state index contributed by atoms with van der Waals surface area (Å²) in [7, 11) is 0. The number of rotatable bonds is 5. The van der Waals surface area contributed by atoms with Crippen LogP contribution in [0.2, 0.25) is 0 Å². The lowest BCUT2D eigenvalue weighted by Gasteiger charge is -2.21. The molecule has 100 valence electrons. The highest BCUT2D eigenvalue weighted by Gasteiger charge is 2.20. The molecule has 0 aliphatic carbocycles. The number of benzene rings is 1. The molecule has 4 nitrogen and oxygen atoms in total. The minimum Gasteiger partial charge on any atom is -0.399 e. The van der Waals surface area contributed by atoms with E-state index in [9.17, 15) is 9.18 Å². The Hall–Kier alpha value is -1.27. The largest absolute Gasteiger partial charge is 0.399 e. The molecule has 2 atom stereocenters. The van der Waals surface area contributed by atoms with Gasteiger partial charge in [0.1, 0.15) is 5.82 Å². The van der Waals surface area contributed by atoms with Gasteiger partial charge in [-0.2, -0.15) is 11.8 Å². The molecule has 0 aromatic heterocycles. The Morgan fingerprint density at radius 2 is 2.28 bits per heavy atom. The highest BCUT2D eigenvalue weighted by atomic mass is 32.2. The van der Waals surface area contributed by atoms with Crippen LogP contribution in [0.25, 0.3) is 0 Å². The summed E-state index contributed by atoms with van der Waals surface area (Å²) in [6.45, 7) is 1.71. The fourth-order valence-corrected chi connectivity index (χ4v) is 2.16. The number of amides is 1. The van der Waals surface area contributed by atoms with Crippen molar-refractivity contribution in [3.05, 3.63) is 29.6 Å². The Kier molecular flexibility index (Phi) is 5.43. The molecule has 0 saturated heterocycles. The van der Waals surface area contributed by atoms with Crippen LogP contribution < -0.4 is 11.1 Å². The van der Waals surface area contributed by atoms with Crippen LogP contribution in [0.5, 0.6) is 0 Å². The maximum Gasteiger partial charge on any atom is 0.254 e. The predicted octanol–water partition coefficient (Wildman–Crippen LogP) is 1.25. The van der Waals surface area contributed by atoms with Gasteiger partial charge in [-0.05, 0) is 31.4 Å². The molecule has 4 N–H and O–H groups in total. The first kappa shape index (κ1) is 14.8. The molecule has 0 radical (unpaired) electrons. The number of hydrogen-bond donors (Lipinski definition) is 3. The number of nitrogen functional groups attached to an aromatic ring is 1. The number of nitrogens with two attached hydrogens (primary N) is 1. The highest BCUT2D eigenvalue weighted by molar-refractivity contribution is 7.99. The molecule has 0 fully saturated rings. The number of carbonyl (C=O) groups excluding carboxylic acids is 1. The zero-order valence-electron chi connectivity index (χ0n) is 10.3. The van der Waals surface area contributed by atoms with Crippen LogP contribution in [0.4, 0.5) is 10.1 Å². The molecule has 0 bridgehead atoms. The first-order chi connectivity index (χ1) is 8.49. The molecule has 0 aliphatic heterocycles. The number of halogens is 1. The van der Waals surface area contributed by atoms with Crippen LogP contribution in [-0.4, -0.2) is 35.2 Å². The lowest BCUT2D eigenvalue weighted by Crippen LogP contribution is -2.41. The standard InChI is InChI=1S/C12H17FN2O2S/c1-7(11(6-16)18-2)15-12(17)9-5-8(14)3-4-10(9)13/h3-5,7,11,16H,6,14H2,1-2H3,(H,15,17). The van der Waals surface area contributed by atoms with Crippen molar-refractivity contribution in [3.8, 4) is 0 Å². The molecule has 1 amide bonds. The number of aliphatic hydroxyl groups is 1. The van der Waals surface area contributed by atoms with Crippen LogP contribution in [0.15, 0.2) is 18.2 Å². The van der Waals surface area contributed by atoms with Gasteiger partial charge in [0, 0.05) is 17.0 Å². The van der Waals surface area contributed by atoms with Gasteiger partial charge in [0.15, 0.2) is 0 Å². The van der Waals surface area contributed by atoms with Gasteiger partial charge >= 0.3 is 0 Å². The zero-order chi connectivity index (χ0) is 13.7. The summed E-state index contributed by atoms with van der Waals surface area (Å²) in [6, 6.07) is 3.59. The summed E-state index contributed by atoms with van der Waals surface area (Å²) in [6.07, 6.45) is 1.84. The molecule has 0 saturated carbocycles. The normalized spacial score (nSPS) is 14.0. The first-order valence-corrected chi connectivity index (χ1v) is 6.78. The topological polar surface area (TPSA) is 75.3 Å². The van der Waals surface area contributed by atoms with Crippen molar-refractivity contribution in [2.75, 3.05) is 18.6 Å². The van der Waals surface area contributed by atoms with Crippen molar-refractivity contribution in [1.29, 1.82) is 0 Å². The van der Waals surface area contributed by atoms with Gasteiger partial charge in [-0.25, -0.2) is 4.39 Å². The second kappa shape index (κ2) is 6.61. The molecule has 0 spiro atoms. The van der Waals surface area contributed by atoms with Crippen LogP contribution in [0.3, 0.4) is 0 Å². The van der Waals surface area contributed by atoms with Gasteiger partial charge in [0.05, 0.1) is 12.2 Å². The van der Waals surface area contributed by atoms with E-state index < -0.39 is 11.7 Å². The van der Waals surface area contributed by atoms with Crippen molar-refractivity contribution in [2.45, 2.75) is 18.2 Å². The van der Waals surface area contributed by atoms with Gasteiger partial charge in [-0.15, -0.1) is 0 Å². The van der Waals surface area contributed by atoms with Gasteiger partial charge in [-0.3, -0.25) is 4.79 Å². The minimum atomic E-state index is -0.612. The minimum absolute atomic E-state index is 0.0535. The Bertz CT molecular complexity index is 425. The van der Waals surface area contributed by atoms with Gasteiger partial charge in [0.2, 0.25) is 0 Å². The molecule has 0 aliphatic rings. The van der Waals surface area contributed by atoms with E-state index in [2.05, 4.69) is 5.32 Å². The fraction of sp³-hybridized carbons (Fsp3) is 0.417. The molecular weight excluding hydrogens is 255 g/mol. The summed E-state index contributed by atoms with van der Waals surface area (Å²) in [5, 5.41) is 11.6. The molecule has 6 heteroatoms. The van der Waals surface area contributed by atoms with E-state index in [1.54, 1.807) is 6.92 Å². The maximum atomic E-state index is 13.5. The highest BCUT2D eigenvalue weighted by Crippen LogP contribution is 2.14. The monoisotopic (exact) mass is 272 g/mol. The van der Waals surface area contributed by atoms with Crippen LogP contribution in [0, 0.1) is 5.82 Å². The third-order valence-electron chi connectivity index (χ3n) is 2.63. The van der Waals surface area contributed by atoms with E-state index in [0.29, 0.717) is 5.69 Å². The average Bonchev–Trinajstić information content (AvgIpc) is 2.33. The Morgan fingerprint density at radius 3 is 2.83 bits per heavy atom. The molecule has 1 aromatic carbocycles. The zero-order valence-corrected chi connectivity index (χ0v) is 11.1. The summed E-state index contributed by atoms with van der Waals surface area (Å²) >= 11 is 1.44. The Morgan fingerprint density at radius 1 is 1.61 bits per heavy atom. The van der Waals surface area contributed by atoms with Crippen molar-refractivity contribution in [1.82, 2.24) is 5.32 Å². The van der Waals surface area contributed by atoms with Crippen molar-refractivity contribution >= 4 is 23.4 Å². The Labute approximate surface area is 110 Å². The Balaban J connectivity index is 2.79. The van der Waals surface area contributed by atoms with Gasteiger partial charge in [-0.1, -0.05) is 0 Å². The number of aliphatic hydroxyl groups excluding tert-OH is 1. The summed E-state index contributed by atoms with van der Waals surface area (Å²) in [5.74, 6) is -1.14. The number of nitrogens with one attached hydrogen (secondary N) is 1. The van der Waals surface area contributed by atoms with Crippen LogP contribution >= 0.6 is 11.8 Å². The first-order valence-electron chi connectivity index (χ1n) is 5.49. The van der Waals surface area contributed by atoms with Crippen LogP contribution in [0.1, 0.15) is 17.3 Å². The van der Waals surface area contributed by atoms with E-state index in [4.69, 9.17) is 10.8 Å². The molecule has 2 unspecified atom stereocenters. The second-order valence-electron chi connectivity index (χ2n) is 3.96. The maximum absolute atomic E-state index is 13.5. The van der Waals surface area contributed by atoms with E-state index in [0.717, 1.165) is 6.07 Å². The van der Waals surface area contributed by atoms with E-state index in [1.807, 2.05) is 6.26 Å². The molecule has 1 rings (SSSR count).